The van der Waals surface area contributed by atoms with Gasteiger partial charge in [-0.05, 0) is 19.8 Å². The maximum absolute atomic E-state index is 11.4. The van der Waals surface area contributed by atoms with Crippen LogP contribution in [0.2, 0.25) is 0 Å². The van der Waals surface area contributed by atoms with E-state index in [4.69, 9.17) is 16.2 Å². The first kappa shape index (κ1) is 14.5. The molecule has 2 unspecified atom stereocenters. The highest BCUT2D eigenvalue weighted by Gasteiger charge is 2.29. The third kappa shape index (κ3) is 3.16. The summed E-state index contributed by atoms with van der Waals surface area (Å²) in [5, 5.41) is 0. The van der Waals surface area contributed by atoms with Crippen LogP contribution in [-0.4, -0.2) is 35.6 Å². The molecule has 1 saturated heterocycles. The molecule has 0 bridgehead atoms. The third-order valence-corrected chi connectivity index (χ3v) is 3.63. The number of rotatable bonds is 4. The van der Waals surface area contributed by atoms with E-state index in [1.807, 2.05) is 0 Å². The van der Waals surface area contributed by atoms with Gasteiger partial charge in [-0.25, -0.2) is 9.97 Å². The van der Waals surface area contributed by atoms with Crippen molar-refractivity contribution in [2.75, 3.05) is 24.3 Å². The Hall–Kier alpha value is -1.89. The number of nitrogen functional groups attached to an aromatic ring is 1. The molecule has 0 aromatic carbocycles. The van der Waals surface area contributed by atoms with Gasteiger partial charge in [-0.2, -0.15) is 0 Å². The SMILES string of the molecule is COCc1nc(N)cc(N2CC(C(N)=O)CCC2C)n1. The Labute approximate surface area is 118 Å². The Balaban J connectivity index is 2.26. The van der Waals surface area contributed by atoms with E-state index in [0.717, 1.165) is 18.7 Å². The topological polar surface area (TPSA) is 107 Å². The van der Waals surface area contributed by atoms with Gasteiger partial charge in [0.15, 0.2) is 5.82 Å². The minimum atomic E-state index is -0.263. The van der Waals surface area contributed by atoms with Crippen molar-refractivity contribution >= 4 is 17.5 Å². The summed E-state index contributed by atoms with van der Waals surface area (Å²) in [7, 11) is 1.58. The molecule has 110 valence electrons. The molecule has 2 heterocycles. The van der Waals surface area contributed by atoms with E-state index in [2.05, 4.69) is 21.8 Å². The number of carbonyl (C=O) groups is 1. The molecule has 1 aromatic heterocycles. The lowest BCUT2D eigenvalue weighted by molar-refractivity contribution is -0.122. The summed E-state index contributed by atoms with van der Waals surface area (Å²) in [6.45, 7) is 2.98. The van der Waals surface area contributed by atoms with Gasteiger partial charge in [-0.15, -0.1) is 0 Å². The monoisotopic (exact) mass is 279 g/mol. The van der Waals surface area contributed by atoms with Crippen molar-refractivity contribution in [1.29, 1.82) is 0 Å². The van der Waals surface area contributed by atoms with Crippen LogP contribution in [0.5, 0.6) is 0 Å². The highest BCUT2D eigenvalue weighted by molar-refractivity contribution is 5.77. The number of hydrogen-bond acceptors (Lipinski definition) is 6. The van der Waals surface area contributed by atoms with Crippen LogP contribution >= 0.6 is 0 Å². The van der Waals surface area contributed by atoms with E-state index in [1.165, 1.54) is 0 Å². The fraction of sp³-hybridized carbons (Fsp3) is 0.615. The van der Waals surface area contributed by atoms with E-state index < -0.39 is 0 Å². The molecule has 0 spiro atoms. The quantitative estimate of drug-likeness (QED) is 0.820. The second-order valence-corrected chi connectivity index (χ2v) is 5.18. The van der Waals surface area contributed by atoms with Crippen LogP contribution in [0.15, 0.2) is 6.07 Å². The van der Waals surface area contributed by atoms with Gasteiger partial charge in [0.2, 0.25) is 5.91 Å². The Morgan fingerprint density at radius 2 is 2.25 bits per heavy atom. The van der Waals surface area contributed by atoms with E-state index >= 15 is 0 Å². The minimum Gasteiger partial charge on any atom is -0.384 e. The predicted molar refractivity (Wildman–Crippen MR) is 75.9 cm³/mol. The van der Waals surface area contributed by atoms with Gasteiger partial charge in [0.1, 0.15) is 18.2 Å². The maximum Gasteiger partial charge on any atom is 0.222 e. The summed E-state index contributed by atoms with van der Waals surface area (Å²) < 4.78 is 5.04. The second kappa shape index (κ2) is 6.04. The molecule has 1 aromatic rings. The number of amides is 1. The van der Waals surface area contributed by atoms with Crippen LogP contribution in [0.3, 0.4) is 0 Å². The predicted octanol–water partition coefficient (Wildman–Crippen LogP) is 0.295. The van der Waals surface area contributed by atoms with Gasteiger partial charge in [-0.1, -0.05) is 0 Å². The molecule has 1 fully saturated rings. The number of piperidine rings is 1. The maximum atomic E-state index is 11.4. The lowest BCUT2D eigenvalue weighted by Gasteiger charge is -2.37. The van der Waals surface area contributed by atoms with Gasteiger partial charge in [0, 0.05) is 25.8 Å². The molecule has 0 radical (unpaired) electrons. The van der Waals surface area contributed by atoms with Crippen LogP contribution in [0.1, 0.15) is 25.6 Å². The molecule has 1 amide bonds. The molecule has 4 N–H and O–H groups in total. The van der Waals surface area contributed by atoms with Crippen molar-refractivity contribution in [2.24, 2.45) is 11.7 Å². The van der Waals surface area contributed by atoms with E-state index in [-0.39, 0.29) is 17.9 Å². The largest absolute Gasteiger partial charge is 0.384 e. The number of ether oxygens (including phenoxy) is 1. The molecule has 2 atom stereocenters. The van der Waals surface area contributed by atoms with Crippen LogP contribution in [0.25, 0.3) is 0 Å². The molecule has 7 heteroatoms. The van der Waals surface area contributed by atoms with Crippen molar-refractivity contribution in [1.82, 2.24) is 9.97 Å². The zero-order chi connectivity index (χ0) is 14.7. The first-order valence-corrected chi connectivity index (χ1v) is 6.69. The standard InChI is InChI=1S/C13H21N5O2/c1-8-3-4-9(13(15)19)6-18(8)12-5-10(14)16-11(17-12)7-20-2/h5,8-9H,3-4,6-7H2,1-2H3,(H2,15,19)(H2,14,16,17). The Morgan fingerprint density at radius 3 is 2.90 bits per heavy atom. The molecular weight excluding hydrogens is 258 g/mol. The number of aromatic nitrogens is 2. The molecule has 2 rings (SSSR count). The summed E-state index contributed by atoms with van der Waals surface area (Å²) in [5.41, 5.74) is 11.2. The molecule has 0 aliphatic carbocycles. The number of primary amides is 1. The number of hydrogen-bond donors (Lipinski definition) is 2. The molecule has 20 heavy (non-hydrogen) atoms. The zero-order valence-electron chi connectivity index (χ0n) is 11.9. The molecular formula is C13H21N5O2. The first-order chi connectivity index (χ1) is 9.51. The van der Waals surface area contributed by atoms with Crippen molar-refractivity contribution < 1.29 is 9.53 Å². The van der Waals surface area contributed by atoms with Gasteiger partial charge < -0.3 is 21.1 Å². The normalized spacial score (nSPS) is 22.8. The molecule has 0 saturated carbocycles. The first-order valence-electron chi connectivity index (χ1n) is 6.69. The van der Waals surface area contributed by atoms with Crippen molar-refractivity contribution in [3.8, 4) is 0 Å². The average molecular weight is 279 g/mol. The average Bonchev–Trinajstić information content (AvgIpc) is 2.38. The number of nitrogens with two attached hydrogens (primary N) is 2. The second-order valence-electron chi connectivity index (χ2n) is 5.18. The van der Waals surface area contributed by atoms with E-state index in [9.17, 15) is 4.79 Å². The Morgan fingerprint density at radius 1 is 1.50 bits per heavy atom. The van der Waals surface area contributed by atoms with E-state index in [0.29, 0.717) is 24.8 Å². The van der Waals surface area contributed by atoms with Crippen molar-refractivity contribution in [3.63, 3.8) is 0 Å². The third-order valence-electron chi connectivity index (χ3n) is 3.63. The van der Waals surface area contributed by atoms with Gasteiger partial charge in [0.05, 0.1) is 5.92 Å². The molecule has 1 aliphatic rings. The smallest absolute Gasteiger partial charge is 0.222 e. The summed E-state index contributed by atoms with van der Waals surface area (Å²) in [4.78, 5) is 22.0. The number of nitrogens with zero attached hydrogens (tertiary/aromatic N) is 3. The van der Waals surface area contributed by atoms with E-state index in [1.54, 1.807) is 13.2 Å². The van der Waals surface area contributed by atoms with Crippen molar-refractivity contribution in [3.05, 3.63) is 11.9 Å². The highest BCUT2D eigenvalue weighted by atomic mass is 16.5. The van der Waals surface area contributed by atoms with Crippen LogP contribution in [-0.2, 0) is 16.1 Å². The number of carbonyl (C=O) groups excluding carboxylic acids is 1. The van der Waals surface area contributed by atoms with Gasteiger partial charge >= 0.3 is 0 Å². The zero-order valence-corrected chi connectivity index (χ0v) is 11.9. The van der Waals surface area contributed by atoms with Crippen LogP contribution < -0.4 is 16.4 Å². The minimum absolute atomic E-state index is 0.145. The summed E-state index contributed by atoms with van der Waals surface area (Å²) in [5.74, 6) is 1.25. The molecule has 1 aliphatic heterocycles. The summed E-state index contributed by atoms with van der Waals surface area (Å²) >= 11 is 0. The van der Waals surface area contributed by atoms with Gasteiger partial charge in [-0.3, -0.25) is 4.79 Å². The lowest BCUT2D eigenvalue weighted by atomic mass is 9.93. The summed E-state index contributed by atoms with van der Waals surface area (Å²) in [6, 6.07) is 2.01. The number of methoxy groups -OCH3 is 1. The number of anilines is 2. The Bertz CT molecular complexity index is 494. The highest BCUT2D eigenvalue weighted by Crippen LogP contribution is 2.27. The fourth-order valence-electron chi connectivity index (χ4n) is 2.50. The van der Waals surface area contributed by atoms with Gasteiger partial charge in [0.25, 0.3) is 0 Å². The Kier molecular flexibility index (Phi) is 4.39. The fourth-order valence-corrected chi connectivity index (χ4v) is 2.50. The molecule has 7 nitrogen and oxygen atoms in total. The lowest BCUT2D eigenvalue weighted by Crippen LogP contribution is -2.46. The summed E-state index contributed by atoms with van der Waals surface area (Å²) in [6.07, 6.45) is 1.72. The van der Waals surface area contributed by atoms with Crippen LogP contribution in [0, 0.1) is 5.92 Å². The van der Waals surface area contributed by atoms with Crippen molar-refractivity contribution in [2.45, 2.75) is 32.4 Å². The van der Waals surface area contributed by atoms with Crippen LogP contribution in [0.4, 0.5) is 11.6 Å².